The second-order valence-electron chi connectivity index (χ2n) is 3.25. The van der Waals surface area contributed by atoms with Crippen LogP contribution >= 0.6 is 11.3 Å². The summed E-state index contributed by atoms with van der Waals surface area (Å²) in [5, 5.41) is 4.74. The molecule has 0 amide bonds. The van der Waals surface area contributed by atoms with Gasteiger partial charge in [-0.25, -0.2) is 0 Å². The summed E-state index contributed by atoms with van der Waals surface area (Å²) in [5.74, 6) is -0.252. The molecule has 2 aromatic rings. The fraction of sp³-hybridized carbons (Fsp3) is 0.0833. The van der Waals surface area contributed by atoms with Gasteiger partial charge in [0.1, 0.15) is 0 Å². The maximum atomic E-state index is 12.0. The largest absolute Gasteiger partial charge is 0.291 e. The number of carbonyl (C=O) groups excluding carboxylic acids is 1. The summed E-state index contributed by atoms with van der Waals surface area (Å²) in [6, 6.07) is 11.4. The molecule has 1 heterocycles. The number of ketones is 1. The van der Waals surface area contributed by atoms with Gasteiger partial charge >= 0.3 is 0 Å². The van der Waals surface area contributed by atoms with Crippen molar-refractivity contribution in [3.63, 3.8) is 0 Å². The van der Waals surface area contributed by atoms with Gasteiger partial charge in [0.25, 0.3) is 0 Å². The minimum Gasteiger partial charge on any atom is -0.291 e. The van der Waals surface area contributed by atoms with Crippen LogP contribution in [0.2, 0.25) is 0 Å². The van der Waals surface area contributed by atoms with Gasteiger partial charge in [-0.3, -0.25) is 4.79 Å². The molecule has 0 N–H and O–H groups in total. The highest BCUT2D eigenvalue weighted by molar-refractivity contribution is 7.10. The Morgan fingerprint density at radius 2 is 1.88 bits per heavy atom. The van der Waals surface area contributed by atoms with Crippen LogP contribution < -0.4 is 0 Å². The monoisotopic (exact) mass is 231 g/mol. The van der Waals surface area contributed by atoms with Crippen LogP contribution in [0.4, 0.5) is 0 Å². The second-order valence-corrected chi connectivity index (χ2v) is 4.23. The number of thiophene rings is 1. The molecule has 4 heteroatoms. The standard InChI is InChI=1S/C12H9NO2S/c14-12(9-5-2-1-3-6-9)11(13-15)10-7-4-8-16-10/h1-8,11H. The molecule has 3 nitrogen and oxygen atoms in total. The lowest BCUT2D eigenvalue weighted by atomic mass is 10.0. The van der Waals surface area contributed by atoms with E-state index in [4.69, 9.17) is 0 Å². The zero-order valence-electron chi connectivity index (χ0n) is 8.37. The number of nitrogens with zero attached hydrogens (tertiary/aromatic N) is 1. The van der Waals surface area contributed by atoms with E-state index in [-0.39, 0.29) is 5.78 Å². The van der Waals surface area contributed by atoms with Crippen molar-refractivity contribution in [2.45, 2.75) is 6.04 Å². The van der Waals surface area contributed by atoms with Gasteiger partial charge in [-0.1, -0.05) is 41.6 Å². The summed E-state index contributed by atoms with van der Waals surface area (Å²) < 4.78 is 0. The van der Waals surface area contributed by atoms with Crippen molar-refractivity contribution >= 4 is 17.1 Å². The summed E-state index contributed by atoms with van der Waals surface area (Å²) in [5.41, 5.74) is 0.514. The van der Waals surface area contributed by atoms with Gasteiger partial charge in [-0.05, 0) is 11.4 Å². The van der Waals surface area contributed by atoms with E-state index >= 15 is 0 Å². The van der Waals surface area contributed by atoms with Crippen molar-refractivity contribution in [3.8, 4) is 0 Å². The van der Waals surface area contributed by atoms with Crippen LogP contribution in [-0.4, -0.2) is 5.78 Å². The van der Waals surface area contributed by atoms with E-state index < -0.39 is 6.04 Å². The molecule has 0 spiro atoms. The van der Waals surface area contributed by atoms with Crippen LogP contribution in [0.1, 0.15) is 21.3 Å². The van der Waals surface area contributed by atoms with E-state index in [0.717, 1.165) is 0 Å². The van der Waals surface area contributed by atoms with E-state index in [1.807, 2.05) is 11.4 Å². The first-order valence-electron chi connectivity index (χ1n) is 4.78. The molecule has 0 fully saturated rings. The number of hydrogen-bond donors (Lipinski definition) is 0. The van der Waals surface area contributed by atoms with Gasteiger partial charge in [0.2, 0.25) is 0 Å². The molecule has 0 aliphatic carbocycles. The smallest absolute Gasteiger partial charge is 0.196 e. The molecule has 1 aromatic carbocycles. The Labute approximate surface area is 96.7 Å². The highest BCUT2D eigenvalue weighted by Gasteiger charge is 2.23. The molecule has 1 unspecified atom stereocenters. The Balaban J connectivity index is 2.30. The lowest BCUT2D eigenvalue weighted by molar-refractivity contribution is 0.0963. The van der Waals surface area contributed by atoms with Crippen molar-refractivity contribution in [2.24, 2.45) is 5.18 Å². The Kier molecular flexibility index (Phi) is 3.22. The number of rotatable bonds is 4. The molecule has 1 aromatic heterocycles. The maximum absolute atomic E-state index is 12.0. The van der Waals surface area contributed by atoms with Crippen molar-refractivity contribution in [1.82, 2.24) is 0 Å². The predicted molar refractivity (Wildman–Crippen MR) is 63.6 cm³/mol. The van der Waals surface area contributed by atoms with Crippen LogP contribution in [-0.2, 0) is 0 Å². The Morgan fingerprint density at radius 3 is 2.44 bits per heavy atom. The first kappa shape index (κ1) is 10.7. The first-order chi connectivity index (χ1) is 7.83. The summed E-state index contributed by atoms with van der Waals surface area (Å²) in [4.78, 5) is 23.4. The van der Waals surface area contributed by atoms with Crippen molar-refractivity contribution in [2.75, 3.05) is 0 Å². The lowest BCUT2D eigenvalue weighted by Gasteiger charge is -2.05. The third-order valence-electron chi connectivity index (χ3n) is 2.22. The molecule has 16 heavy (non-hydrogen) atoms. The first-order valence-corrected chi connectivity index (χ1v) is 5.66. The number of carbonyl (C=O) groups is 1. The van der Waals surface area contributed by atoms with Gasteiger partial charge < -0.3 is 0 Å². The number of Topliss-reactive ketones (excluding diaryl/α,β-unsaturated/α-hetero) is 1. The Bertz CT molecular complexity index is 479. The van der Waals surface area contributed by atoms with Crippen molar-refractivity contribution < 1.29 is 4.79 Å². The second kappa shape index (κ2) is 4.81. The van der Waals surface area contributed by atoms with E-state index in [1.165, 1.54) is 11.3 Å². The molecular formula is C12H9NO2S. The highest BCUT2D eigenvalue weighted by atomic mass is 32.1. The summed E-state index contributed by atoms with van der Waals surface area (Å²) >= 11 is 1.36. The van der Waals surface area contributed by atoms with Crippen LogP contribution in [0, 0.1) is 4.91 Å². The van der Waals surface area contributed by atoms with Crippen LogP contribution in [0.25, 0.3) is 0 Å². The third-order valence-corrected chi connectivity index (χ3v) is 3.15. The van der Waals surface area contributed by atoms with Gasteiger partial charge in [0, 0.05) is 10.4 Å². The van der Waals surface area contributed by atoms with Gasteiger partial charge in [0.05, 0.1) is 0 Å². The van der Waals surface area contributed by atoms with E-state index in [1.54, 1.807) is 36.4 Å². The normalized spacial score (nSPS) is 12.0. The van der Waals surface area contributed by atoms with Gasteiger partial charge in [-0.15, -0.1) is 16.2 Å². The van der Waals surface area contributed by atoms with Crippen LogP contribution in [0.5, 0.6) is 0 Å². The number of hydrogen-bond acceptors (Lipinski definition) is 4. The molecule has 0 saturated carbocycles. The average Bonchev–Trinajstić information content (AvgIpc) is 2.85. The quantitative estimate of drug-likeness (QED) is 0.597. The predicted octanol–water partition coefficient (Wildman–Crippen LogP) is 3.44. The molecule has 0 aliphatic heterocycles. The SMILES string of the molecule is O=NC(C(=O)c1ccccc1)c1cccs1. The van der Waals surface area contributed by atoms with E-state index in [9.17, 15) is 9.70 Å². The average molecular weight is 231 g/mol. The van der Waals surface area contributed by atoms with Crippen molar-refractivity contribution in [3.05, 3.63) is 63.2 Å². The fourth-order valence-corrected chi connectivity index (χ4v) is 2.19. The molecular weight excluding hydrogens is 222 g/mol. The summed E-state index contributed by atoms with van der Waals surface area (Å²) in [6.45, 7) is 0. The molecule has 1 atom stereocenters. The van der Waals surface area contributed by atoms with Crippen molar-refractivity contribution in [1.29, 1.82) is 0 Å². The molecule has 0 aliphatic rings. The van der Waals surface area contributed by atoms with Gasteiger partial charge in [-0.2, -0.15) is 0 Å². The molecule has 0 saturated heterocycles. The Hall–Kier alpha value is -1.81. The third kappa shape index (κ3) is 2.06. The highest BCUT2D eigenvalue weighted by Crippen LogP contribution is 2.25. The molecule has 0 radical (unpaired) electrons. The molecule has 0 bridgehead atoms. The molecule has 2 rings (SSSR count). The number of nitroso groups, excluding NO2 is 1. The topological polar surface area (TPSA) is 46.5 Å². The molecule has 80 valence electrons. The van der Waals surface area contributed by atoms with Crippen LogP contribution in [0.3, 0.4) is 0 Å². The fourth-order valence-electron chi connectivity index (χ4n) is 1.44. The van der Waals surface area contributed by atoms with Gasteiger partial charge in [0.15, 0.2) is 11.8 Å². The van der Waals surface area contributed by atoms with E-state index in [0.29, 0.717) is 10.4 Å². The lowest BCUT2D eigenvalue weighted by Crippen LogP contribution is -2.08. The summed E-state index contributed by atoms with van der Waals surface area (Å²) in [6.07, 6.45) is 0. The minimum atomic E-state index is -0.914. The summed E-state index contributed by atoms with van der Waals surface area (Å²) in [7, 11) is 0. The number of benzene rings is 1. The van der Waals surface area contributed by atoms with E-state index in [2.05, 4.69) is 5.18 Å². The Morgan fingerprint density at radius 1 is 1.12 bits per heavy atom. The zero-order chi connectivity index (χ0) is 11.4. The maximum Gasteiger partial charge on any atom is 0.196 e. The minimum absolute atomic E-state index is 0.252. The van der Waals surface area contributed by atoms with Crippen LogP contribution in [0.15, 0.2) is 53.0 Å². The zero-order valence-corrected chi connectivity index (χ0v) is 9.18.